The normalized spacial score (nSPS) is 11.1. The number of nitrogens with zero attached hydrogens (tertiary/aromatic N) is 3. The summed E-state index contributed by atoms with van der Waals surface area (Å²) in [6, 6.07) is 15.7. The highest BCUT2D eigenvalue weighted by atomic mass is 15.3. The molecule has 3 rings (SSSR count). The molecule has 0 radical (unpaired) electrons. The molecular formula is C16H14N4. The van der Waals surface area contributed by atoms with E-state index < -0.39 is 0 Å². The first-order chi connectivity index (χ1) is 9.83. The molecule has 0 aliphatic carbocycles. The molecule has 0 fully saturated rings. The summed E-state index contributed by atoms with van der Waals surface area (Å²) < 4.78 is 0. The van der Waals surface area contributed by atoms with E-state index in [1.165, 1.54) is 5.56 Å². The fourth-order valence-electron chi connectivity index (χ4n) is 2.02. The Morgan fingerprint density at radius 1 is 1.10 bits per heavy atom. The number of para-hydroxylation sites is 1. The Labute approximate surface area is 117 Å². The van der Waals surface area contributed by atoms with Gasteiger partial charge in [0.25, 0.3) is 0 Å². The molecule has 0 amide bonds. The highest BCUT2D eigenvalue weighted by Crippen LogP contribution is 2.19. The van der Waals surface area contributed by atoms with Crippen LogP contribution in [0, 0.1) is 6.92 Å². The predicted molar refractivity (Wildman–Crippen MR) is 81.9 cm³/mol. The number of pyridine rings is 2. The molecule has 0 saturated carbocycles. The van der Waals surface area contributed by atoms with Gasteiger partial charge in [-0.2, -0.15) is 5.10 Å². The summed E-state index contributed by atoms with van der Waals surface area (Å²) in [5.41, 5.74) is 5.88. The largest absolute Gasteiger partial charge is 0.261 e. The second-order valence-corrected chi connectivity index (χ2v) is 4.47. The van der Waals surface area contributed by atoms with Crippen molar-refractivity contribution >= 4 is 22.9 Å². The zero-order valence-corrected chi connectivity index (χ0v) is 11.1. The molecule has 0 atom stereocenters. The minimum atomic E-state index is 0.730. The van der Waals surface area contributed by atoms with Gasteiger partial charge >= 0.3 is 0 Å². The fraction of sp³-hybridized carbons (Fsp3) is 0.0625. The second-order valence-electron chi connectivity index (χ2n) is 4.47. The van der Waals surface area contributed by atoms with Gasteiger partial charge in [0.1, 0.15) is 5.82 Å². The van der Waals surface area contributed by atoms with E-state index in [1.807, 2.05) is 42.5 Å². The van der Waals surface area contributed by atoms with Crippen LogP contribution in [0.1, 0.15) is 11.3 Å². The summed E-state index contributed by atoms with van der Waals surface area (Å²) in [5, 5.41) is 5.32. The van der Waals surface area contributed by atoms with Crippen LogP contribution in [0.3, 0.4) is 0 Å². The van der Waals surface area contributed by atoms with Crippen LogP contribution in [0.2, 0.25) is 0 Å². The third kappa shape index (κ3) is 2.64. The molecule has 3 aromatic rings. The van der Waals surface area contributed by atoms with E-state index in [2.05, 4.69) is 33.5 Å². The van der Waals surface area contributed by atoms with Gasteiger partial charge in [-0.05, 0) is 36.8 Å². The Morgan fingerprint density at radius 2 is 1.95 bits per heavy atom. The lowest BCUT2D eigenvalue weighted by molar-refractivity contribution is 1.24. The van der Waals surface area contributed by atoms with Crippen LogP contribution in [-0.2, 0) is 0 Å². The molecule has 4 heteroatoms. The van der Waals surface area contributed by atoms with Gasteiger partial charge in [-0.3, -0.25) is 10.4 Å². The molecule has 20 heavy (non-hydrogen) atoms. The number of benzene rings is 1. The van der Waals surface area contributed by atoms with Gasteiger partial charge in [0.05, 0.1) is 17.4 Å². The highest BCUT2D eigenvalue weighted by Gasteiger charge is 2.00. The van der Waals surface area contributed by atoms with Gasteiger partial charge in [-0.1, -0.05) is 24.3 Å². The molecule has 0 bridgehead atoms. The minimum absolute atomic E-state index is 0.730. The third-order valence-electron chi connectivity index (χ3n) is 2.99. The maximum Gasteiger partial charge on any atom is 0.147 e. The molecule has 1 aromatic carbocycles. The Hall–Kier alpha value is -2.75. The number of aromatic nitrogens is 2. The maximum absolute atomic E-state index is 4.52. The third-order valence-corrected chi connectivity index (χ3v) is 2.99. The minimum Gasteiger partial charge on any atom is -0.261 e. The summed E-state index contributed by atoms with van der Waals surface area (Å²) in [4.78, 5) is 8.69. The van der Waals surface area contributed by atoms with Gasteiger partial charge in [0.15, 0.2) is 0 Å². The SMILES string of the molecule is Cc1cc(N/N=C\c2ccccn2)nc2ccccc12. The molecule has 0 spiro atoms. The average Bonchev–Trinajstić information content (AvgIpc) is 2.48. The van der Waals surface area contributed by atoms with Gasteiger partial charge in [-0.25, -0.2) is 4.98 Å². The Bertz CT molecular complexity index is 751. The molecule has 2 aromatic heterocycles. The number of nitrogens with one attached hydrogen (secondary N) is 1. The van der Waals surface area contributed by atoms with Gasteiger partial charge in [0.2, 0.25) is 0 Å². The number of fused-ring (bicyclic) bond motifs is 1. The number of aryl methyl sites for hydroxylation is 1. The van der Waals surface area contributed by atoms with E-state index in [1.54, 1.807) is 12.4 Å². The maximum atomic E-state index is 4.52. The van der Waals surface area contributed by atoms with E-state index in [4.69, 9.17) is 0 Å². The van der Waals surface area contributed by atoms with Gasteiger partial charge in [-0.15, -0.1) is 0 Å². The first kappa shape index (κ1) is 12.3. The molecule has 0 unspecified atom stereocenters. The fourth-order valence-corrected chi connectivity index (χ4v) is 2.02. The molecule has 0 saturated heterocycles. The summed E-state index contributed by atoms with van der Waals surface area (Å²) in [5.74, 6) is 0.730. The number of rotatable bonds is 3. The van der Waals surface area contributed by atoms with Crippen LogP contribution in [0.5, 0.6) is 0 Å². The van der Waals surface area contributed by atoms with Crippen molar-refractivity contribution in [3.63, 3.8) is 0 Å². The molecule has 0 aliphatic rings. The van der Waals surface area contributed by atoms with Crippen molar-refractivity contribution < 1.29 is 0 Å². The summed E-state index contributed by atoms with van der Waals surface area (Å²) in [6.07, 6.45) is 3.41. The second kappa shape index (κ2) is 5.48. The van der Waals surface area contributed by atoms with E-state index in [0.29, 0.717) is 0 Å². The van der Waals surface area contributed by atoms with E-state index in [-0.39, 0.29) is 0 Å². The Balaban J connectivity index is 1.83. The zero-order valence-electron chi connectivity index (χ0n) is 11.1. The lowest BCUT2D eigenvalue weighted by Crippen LogP contribution is -1.96. The van der Waals surface area contributed by atoms with Crippen molar-refractivity contribution in [2.24, 2.45) is 5.10 Å². The first-order valence-electron chi connectivity index (χ1n) is 6.39. The highest BCUT2D eigenvalue weighted by molar-refractivity contribution is 5.84. The number of hydrazone groups is 1. The lowest BCUT2D eigenvalue weighted by Gasteiger charge is -2.05. The molecule has 4 nitrogen and oxygen atoms in total. The molecule has 2 heterocycles. The predicted octanol–water partition coefficient (Wildman–Crippen LogP) is 3.38. The van der Waals surface area contributed by atoms with Crippen LogP contribution in [-0.4, -0.2) is 16.2 Å². The van der Waals surface area contributed by atoms with Crippen molar-refractivity contribution in [3.05, 3.63) is 66.0 Å². The Morgan fingerprint density at radius 3 is 2.80 bits per heavy atom. The van der Waals surface area contributed by atoms with Crippen molar-refractivity contribution in [3.8, 4) is 0 Å². The van der Waals surface area contributed by atoms with Gasteiger partial charge in [0, 0.05) is 11.6 Å². The van der Waals surface area contributed by atoms with Crippen molar-refractivity contribution in [2.75, 3.05) is 5.43 Å². The average molecular weight is 262 g/mol. The standard InChI is InChI=1S/C16H14N4/c1-12-10-16(19-15-8-3-2-7-14(12)15)20-18-11-13-6-4-5-9-17-13/h2-11H,1H3,(H,19,20)/b18-11-. The molecule has 1 N–H and O–H groups in total. The lowest BCUT2D eigenvalue weighted by atomic mass is 10.1. The van der Waals surface area contributed by atoms with E-state index in [0.717, 1.165) is 22.4 Å². The summed E-state index contributed by atoms with van der Waals surface area (Å²) in [6.45, 7) is 2.07. The number of hydrogen-bond acceptors (Lipinski definition) is 4. The molecule has 98 valence electrons. The van der Waals surface area contributed by atoms with Crippen LogP contribution in [0.15, 0.2) is 59.8 Å². The van der Waals surface area contributed by atoms with Crippen molar-refractivity contribution in [1.29, 1.82) is 0 Å². The summed E-state index contributed by atoms with van der Waals surface area (Å²) >= 11 is 0. The van der Waals surface area contributed by atoms with Gasteiger partial charge < -0.3 is 0 Å². The number of anilines is 1. The van der Waals surface area contributed by atoms with Crippen molar-refractivity contribution in [1.82, 2.24) is 9.97 Å². The molecule has 0 aliphatic heterocycles. The van der Waals surface area contributed by atoms with E-state index in [9.17, 15) is 0 Å². The van der Waals surface area contributed by atoms with Crippen LogP contribution in [0.25, 0.3) is 10.9 Å². The molecular weight excluding hydrogens is 248 g/mol. The van der Waals surface area contributed by atoms with Crippen LogP contribution >= 0.6 is 0 Å². The number of hydrogen-bond donors (Lipinski definition) is 1. The smallest absolute Gasteiger partial charge is 0.147 e. The topological polar surface area (TPSA) is 50.2 Å². The summed E-state index contributed by atoms with van der Waals surface area (Å²) in [7, 11) is 0. The Kier molecular flexibility index (Phi) is 3.37. The first-order valence-corrected chi connectivity index (χ1v) is 6.39. The quantitative estimate of drug-likeness (QED) is 0.581. The van der Waals surface area contributed by atoms with Crippen LogP contribution < -0.4 is 5.43 Å². The van der Waals surface area contributed by atoms with E-state index >= 15 is 0 Å². The van der Waals surface area contributed by atoms with Crippen molar-refractivity contribution in [2.45, 2.75) is 6.92 Å². The monoisotopic (exact) mass is 262 g/mol. The zero-order chi connectivity index (χ0) is 13.8. The van der Waals surface area contributed by atoms with Crippen LogP contribution in [0.4, 0.5) is 5.82 Å².